The predicted molar refractivity (Wildman–Crippen MR) is 96.8 cm³/mol. The minimum Gasteiger partial charge on any atom is -0.378 e. The molecular formula is C19H24N4O3. The van der Waals surface area contributed by atoms with Crippen molar-refractivity contribution >= 4 is 11.8 Å². The fourth-order valence-corrected chi connectivity index (χ4v) is 2.89. The minimum atomic E-state index is -0.113. The van der Waals surface area contributed by atoms with E-state index in [0.717, 1.165) is 12.1 Å². The second kappa shape index (κ2) is 8.62. The van der Waals surface area contributed by atoms with Gasteiger partial charge in [0.25, 0.3) is 5.91 Å². The van der Waals surface area contributed by atoms with E-state index in [1.165, 1.54) is 5.56 Å². The van der Waals surface area contributed by atoms with Crippen LogP contribution in [0.2, 0.25) is 0 Å². The summed E-state index contributed by atoms with van der Waals surface area (Å²) in [5.74, 6) is -0.225. The molecule has 3 rings (SSSR count). The maximum absolute atomic E-state index is 12.5. The first kappa shape index (κ1) is 18.1. The van der Waals surface area contributed by atoms with Gasteiger partial charge in [-0.25, -0.2) is 0 Å². The monoisotopic (exact) mass is 356 g/mol. The number of morpholine rings is 1. The van der Waals surface area contributed by atoms with Crippen molar-refractivity contribution in [1.29, 1.82) is 0 Å². The van der Waals surface area contributed by atoms with Crippen molar-refractivity contribution in [2.75, 3.05) is 32.8 Å². The lowest BCUT2D eigenvalue weighted by Crippen LogP contribution is -2.41. The molecule has 1 aromatic carbocycles. The van der Waals surface area contributed by atoms with E-state index in [1.807, 2.05) is 37.3 Å². The van der Waals surface area contributed by atoms with E-state index in [9.17, 15) is 9.59 Å². The Hall–Kier alpha value is -2.67. The Bertz CT molecular complexity index is 751. The molecule has 0 unspecified atom stereocenters. The van der Waals surface area contributed by atoms with Gasteiger partial charge in [0.2, 0.25) is 5.91 Å². The Morgan fingerprint density at radius 2 is 1.92 bits per heavy atom. The van der Waals surface area contributed by atoms with E-state index in [2.05, 4.69) is 10.4 Å². The molecule has 0 spiro atoms. The first-order valence-corrected chi connectivity index (χ1v) is 8.85. The highest BCUT2D eigenvalue weighted by Crippen LogP contribution is 2.09. The lowest BCUT2D eigenvalue weighted by atomic mass is 10.1. The highest BCUT2D eigenvalue weighted by Gasteiger charge is 2.22. The summed E-state index contributed by atoms with van der Waals surface area (Å²) in [4.78, 5) is 26.4. The number of hydrogen-bond donors (Lipinski definition) is 1. The summed E-state index contributed by atoms with van der Waals surface area (Å²) in [6, 6.07) is 11.7. The summed E-state index contributed by atoms with van der Waals surface area (Å²) < 4.78 is 6.84. The van der Waals surface area contributed by atoms with Crippen LogP contribution >= 0.6 is 0 Å². The van der Waals surface area contributed by atoms with Gasteiger partial charge in [-0.3, -0.25) is 14.3 Å². The molecule has 7 nitrogen and oxygen atoms in total. The first-order chi connectivity index (χ1) is 12.6. The standard InChI is InChI=1S/C19H24N4O3/c1-15-13-17(19(25)22-9-11-26-12-10-22)21-23(15)14-18(24)20-8-7-16-5-3-2-4-6-16/h2-6,13H,7-12,14H2,1H3,(H,20,24). The number of benzene rings is 1. The smallest absolute Gasteiger partial charge is 0.274 e. The molecule has 0 aliphatic carbocycles. The molecule has 26 heavy (non-hydrogen) atoms. The molecule has 0 radical (unpaired) electrons. The van der Waals surface area contributed by atoms with E-state index in [0.29, 0.717) is 38.5 Å². The Labute approximate surface area is 152 Å². The van der Waals surface area contributed by atoms with Crippen molar-refractivity contribution in [1.82, 2.24) is 20.0 Å². The first-order valence-electron chi connectivity index (χ1n) is 8.85. The lowest BCUT2D eigenvalue weighted by molar-refractivity contribution is -0.121. The molecule has 1 aliphatic rings. The topological polar surface area (TPSA) is 76.5 Å². The van der Waals surface area contributed by atoms with Crippen molar-refractivity contribution in [2.24, 2.45) is 0 Å². The normalized spacial score (nSPS) is 14.3. The molecule has 1 aliphatic heterocycles. The number of carbonyl (C=O) groups is 2. The van der Waals surface area contributed by atoms with Crippen molar-refractivity contribution in [3.8, 4) is 0 Å². The average molecular weight is 356 g/mol. The molecule has 1 N–H and O–H groups in total. The lowest BCUT2D eigenvalue weighted by Gasteiger charge is -2.25. The Morgan fingerprint density at radius 3 is 2.65 bits per heavy atom. The van der Waals surface area contributed by atoms with E-state index in [4.69, 9.17) is 4.74 Å². The number of amides is 2. The maximum Gasteiger partial charge on any atom is 0.274 e. The van der Waals surface area contributed by atoms with Crippen molar-refractivity contribution < 1.29 is 14.3 Å². The van der Waals surface area contributed by atoms with Gasteiger partial charge in [-0.1, -0.05) is 30.3 Å². The van der Waals surface area contributed by atoms with E-state index in [-0.39, 0.29) is 18.4 Å². The number of aryl methyl sites for hydroxylation is 1. The number of aromatic nitrogens is 2. The summed E-state index contributed by atoms with van der Waals surface area (Å²) in [7, 11) is 0. The third kappa shape index (κ3) is 4.70. The molecule has 1 fully saturated rings. The summed E-state index contributed by atoms with van der Waals surface area (Å²) >= 11 is 0. The molecule has 2 heterocycles. The van der Waals surface area contributed by atoms with Gasteiger partial charge in [0.05, 0.1) is 13.2 Å². The van der Waals surface area contributed by atoms with Crippen LogP contribution in [0.1, 0.15) is 21.7 Å². The van der Waals surface area contributed by atoms with Gasteiger partial charge in [-0.05, 0) is 25.0 Å². The van der Waals surface area contributed by atoms with Crippen molar-refractivity contribution in [2.45, 2.75) is 19.9 Å². The number of hydrogen-bond acceptors (Lipinski definition) is 4. The minimum absolute atomic E-state index is 0.108. The molecule has 2 amide bonds. The van der Waals surface area contributed by atoms with Crippen LogP contribution in [0.5, 0.6) is 0 Å². The zero-order valence-electron chi connectivity index (χ0n) is 15.0. The van der Waals surface area contributed by atoms with Crippen LogP contribution in [-0.2, 0) is 22.5 Å². The fourth-order valence-electron chi connectivity index (χ4n) is 2.89. The quantitative estimate of drug-likeness (QED) is 0.839. The van der Waals surface area contributed by atoms with Gasteiger partial charge in [0.15, 0.2) is 5.69 Å². The average Bonchev–Trinajstić information content (AvgIpc) is 3.03. The predicted octanol–water partition coefficient (Wildman–Crippen LogP) is 1.02. The number of ether oxygens (including phenoxy) is 1. The molecular weight excluding hydrogens is 332 g/mol. The van der Waals surface area contributed by atoms with Crippen molar-refractivity contribution in [3.63, 3.8) is 0 Å². The molecule has 1 saturated heterocycles. The molecule has 7 heteroatoms. The number of nitrogens with one attached hydrogen (secondary N) is 1. The molecule has 0 atom stereocenters. The van der Waals surface area contributed by atoms with Crippen LogP contribution in [-0.4, -0.2) is 59.3 Å². The zero-order valence-corrected chi connectivity index (χ0v) is 15.0. The van der Waals surface area contributed by atoms with Gasteiger partial charge in [0.1, 0.15) is 6.54 Å². The highest BCUT2D eigenvalue weighted by atomic mass is 16.5. The fraction of sp³-hybridized carbons (Fsp3) is 0.421. The van der Waals surface area contributed by atoms with Gasteiger partial charge >= 0.3 is 0 Å². The van der Waals surface area contributed by atoms with Crippen LogP contribution in [0, 0.1) is 6.92 Å². The van der Waals surface area contributed by atoms with E-state index < -0.39 is 0 Å². The Kier molecular flexibility index (Phi) is 6.01. The van der Waals surface area contributed by atoms with Crippen LogP contribution in [0.15, 0.2) is 36.4 Å². The summed E-state index contributed by atoms with van der Waals surface area (Å²) in [5, 5.41) is 7.21. The van der Waals surface area contributed by atoms with Gasteiger partial charge in [-0.2, -0.15) is 5.10 Å². The Morgan fingerprint density at radius 1 is 1.19 bits per heavy atom. The van der Waals surface area contributed by atoms with E-state index >= 15 is 0 Å². The third-order valence-electron chi connectivity index (χ3n) is 4.37. The number of nitrogens with zero attached hydrogens (tertiary/aromatic N) is 3. The van der Waals surface area contributed by atoms with Crippen LogP contribution < -0.4 is 5.32 Å². The second-order valence-corrected chi connectivity index (χ2v) is 6.32. The largest absolute Gasteiger partial charge is 0.378 e. The summed E-state index contributed by atoms with van der Waals surface area (Å²) in [6.45, 7) is 4.78. The summed E-state index contributed by atoms with van der Waals surface area (Å²) in [6.07, 6.45) is 0.783. The van der Waals surface area contributed by atoms with Gasteiger partial charge < -0.3 is 15.0 Å². The zero-order chi connectivity index (χ0) is 18.4. The number of rotatable bonds is 6. The Balaban J connectivity index is 1.52. The molecule has 138 valence electrons. The van der Waals surface area contributed by atoms with Gasteiger partial charge in [-0.15, -0.1) is 0 Å². The van der Waals surface area contributed by atoms with Gasteiger partial charge in [0, 0.05) is 25.3 Å². The maximum atomic E-state index is 12.5. The molecule has 0 saturated carbocycles. The molecule has 1 aromatic heterocycles. The van der Waals surface area contributed by atoms with Crippen molar-refractivity contribution in [3.05, 3.63) is 53.3 Å². The van der Waals surface area contributed by atoms with Crippen LogP contribution in [0.25, 0.3) is 0 Å². The number of carbonyl (C=O) groups excluding carboxylic acids is 2. The molecule has 2 aromatic rings. The second-order valence-electron chi connectivity index (χ2n) is 6.32. The molecule has 0 bridgehead atoms. The SMILES string of the molecule is Cc1cc(C(=O)N2CCOCC2)nn1CC(=O)NCCc1ccccc1. The van der Waals surface area contributed by atoms with Crippen LogP contribution in [0.3, 0.4) is 0 Å². The summed E-state index contributed by atoms with van der Waals surface area (Å²) in [5.41, 5.74) is 2.35. The third-order valence-corrected chi connectivity index (χ3v) is 4.37. The van der Waals surface area contributed by atoms with Crippen LogP contribution in [0.4, 0.5) is 0 Å². The highest BCUT2D eigenvalue weighted by molar-refractivity contribution is 5.92. The van der Waals surface area contributed by atoms with E-state index in [1.54, 1.807) is 15.6 Å².